The molecular formula is C20H29BrIN5. The average Bonchev–Trinajstić information content (AvgIpc) is 3.33. The zero-order valence-corrected chi connectivity index (χ0v) is 20.0. The predicted octanol–water partition coefficient (Wildman–Crippen LogP) is 4.25. The maximum atomic E-state index is 4.36. The SMILES string of the molecule is CN=C(NCCCCn1ccnc1C)NCC1(c2cccc(Br)c2)CC1.I. The van der Waals surface area contributed by atoms with Crippen molar-refractivity contribution in [2.75, 3.05) is 20.1 Å². The highest BCUT2D eigenvalue weighted by Crippen LogP contribution is 2.48. The third-order valence-corrected chi connectivity index (χ3v) is 5.64. The summed E-state index contributed by atoms with van der Waals surface area (Å²) in [7, 11) is 1.84. The van der Waals surface area contributed by atoms with Crippen molar-refractivity contribution >= 4 is 45.9 Å². The third-order valence-electron chi connectivity index (χ3n) is 5.15. The summed E-state index contributed by atoms with van der Waals surface area (Å²) in [6.07, 6.45) is 8.60. The van der Waals surface area contributed by atoms with Crippen LogP contribution >= 0.6 is 39.9 Å². The first-order valence-corrected chi connectivity index (χ1v) is 10.1. The van der Waals surface area contributed by atoms with Crippen LogP contribution in [0.1, 0.15) is 37.1 Å². The van der Waals surface area contributed by atoms with E-state index in [1.54, 1.807) is 0 Å². The van der Waals surface area contributed by atoms with Crippen molar-refractivity contribution in [3.8, 4) is 0 Å². The monoisotopic (exact) mass is 545 g/mol. The molecule has 0 atom stereocenters. The molecule has 27 heavy (non-hydrogen) atoms. The molecule has 2 aromatic rings. The summed E-state index contributed by atoms with van der Waals surface area (Å²) in [5.41, 5.74) is 1.67. The second-order valence-electron chi connectivity index (χ2n) is 7.02. The number of nitrogens with one attached hydrogen (secondary N) is 2. The molecule has 0 amide bonds. The number of halogens is 2. The smallest absolute Gasteiger partial charge is 0.191 e. The first-order valence-electron chi connectivity index (χ1n) is 9.31. The quantitative estimate of drug-likeness (QED) is 0.226. The Bertz CT molecular complexity index is 754. The van der Waals surface area contributed by atoms with Crippen LogP contribution in [0.2, 0.25) is 0 Å². The number of hydrogen-bond donors (Lipinski definition) is 2. The van der Waals surface area contributed by atoms with E-state index in [2.05, 4.69) is 65.4 Å². The van der Waals surface area contributed by atoms with Gasteiger partial charge >= 0.3 is 0 Å². The number of rotatable bonds is 8. The Balaban J connectivity index is 0.00000261. The van der Waals surface area contributed by atoms with E-state index in [0.717, 1.165) is 48.7 Å². The number of aliphatic imine (C=N–C) groups is 1. The normalized spacial score (nSPS) is 15.1. The molecule has 1 saturated carbocycles. The fourth-order valence-corrected chi connectivity index (χ4v) is 3.66. The molecule has 3 rings (SSSR count). The number of benzene rings is 1. The highest BCUT2D eigenvalue weighted by atomic mass is 127. The van der Waals surface area contributed by atoms with Gasteiger partial charge in [0.25, 0.3) is 0 Å². The molecule has 1 heterocycles. The van der Waals surface area contributed by atoms with Crippen molar-refractivity contribution in [2.24, 2.45) is 4.99 Å². The van der Waals surface area contributed by atoms with Crippen LogP contribution in [0.4, 0.5) is 0 Å². The molecule has 1 fully saturated rings. The molecule has 1 aliphatic rings. The zero-order chi connectivity index (χ0) is 18.4. The van der Waals surface area contributed by atoms with E-state index in [1.807, 2.05) is 26.4 Å². The summed E-state index contributed by atoms with van der Waals surface area (Å²) < 4.78 is 3.35. The van der Waals surface area contributed by atoms with Gasteiger partial charge < -0.3 is 15.2 Å². The van der Waals surface area contributed by atoms with Crippen LogP contribution < -0.4 is 10.6 Å². The van der Waals surface area contributed by atoms with Crippen LogP contribution in [0.15, 0.2) is 46.1 Å². The Labute approximate surface area is 187 Å². The van der Waals surface area contributed by atoms with E-state index < -0.39 is 0 Å². The van der Waals surface area contributed by atoms with Crippen molar-refractivity contribution in [1.82, 2.24) is 20.2 Å². The fraction of sp³-hybridized carbons (Fsp3) is 0.500. The number of imidazole rings is 1. The van der Waals surface area contributed by atoms with Crippen molar-refractivity contribution in [3.05, 3.63) is 52.5 Å². The van der Waals surface area contributed by atoms with Crippen LogP contribution in [0.3, 0.4) is 0 Å². The van der Waals surface area contributed by atoms with Crippen molar-refractivity contribution in [1.29, 1.82) is 0 Å². The second kappa shape index (κ2) is 10.5. The number of nitrogens with zero attached hydrogens (tertiary/aromatic N) is 3. The maximum Gasteiger partial charge on any atom is 0.191 e. The Morgan fingerprint density at radius 1 is 1.30 bits per heavy atom. The summed E-state index contributed by atoms with van der Waals surface area (Å²) in [5.74, 6) is 1.97. The first-order chi connectivity index (χ1) is 12.6. The minimum absolute atomic E-state index is 0. The lowest BCUT2D eigenvalue weighted by atomic mass is 9.96. The Morgan fingerprint density at radius 2 is 2.11 bits per heavy atom. The van der Waals surface area contributed by atoms with E-state index >= 15 is 0 Å². The third kappa shape index (κ3) is 6.20. The summed E-state index contributed by atoms with van der Waals surface area (Å²) in [6, 6.07) is 8.67. The molecule has 7 heteroatoms. The molecule has 0 aliphatic heterocycles. The van der Waals surface area contributed by atoms with Crippen molar-refractivity contribution in [2.45, 2.75) is 44.6 Å². The van der Waals surface area contributed by atoms with Gasteiger partial charge in [0, 0.05) is 49.0 Å². The van der Waals surface area contributed by atoms with E-state index in [4.69, 9.17) is 0 Å². The van der Waals surface area contributed by atoms with Gasteiger partial charge in [-0.2, -0.15) is 0 Å². The Kier molecular flexibility index (Phi) is 8.60. The van der Waals surface area contributed by atoms with E-state index in [-0.39, 0.29) is 29.4 Å². The summed E-state index contributed by atoms with van der Waals surface area (Å²) in [4.78, 5) is 8.62. The minimum atomic E-state index is 0. The standard InChI is InChI=1S/C20H28BrN5.HI/c1-16-23-11-13-26(16)12-4-3-10-24-19(22-2)25-15-20(8-9-20)17-6-5-7-18(21)14-17;/h5-7,11,13-14H,3-4,8-10,12,15H2,1-2H3,(H2,22,24,25);1H. The zero-order valence-electron chi connectivity index (χ0n) is 16.0. The van der Waals surface area contributed by atoms with Gasteiger partial charge in [0.05, 0.1) is 0 Å². The van der Waals surface area contributed by atoms with E-state index in [1.165, 1.54) is 18.4 Å². The van der Waals surface area contributed by atoms with Gasteiger partial charge in [-0.25, -0.2) is 4.98 Å². The van der Waals surface area contributed by atoms with Crippen LogP contribution in [-0.2, 0) is 12.0 Å². The average molecular weight is 546 g/mol. The second-order valence-corrected chi connectivity index (χ2v) is 7.93. The van der Waals surface area contributed by atoms with Gasteiger partial charge in [-0.3, -0.25) is 4.99 Å². The minimum Gasteiger partial charge on any atom is -0.356 e. The number of unbranched alkanes of at least 4 members (excludes halogenated alkanes) is 1. The lowest BCUT2D eigenvalue weighted by molar-refractivity contribution is 0.584. The van der Waals surface area contributed by atoms with E-state index in [0.29, 0.717) is 0 Å². The molecule has 148 valence electrons. The van der Waals surface area contributed by atoms with E-state index in [9.17, 15) is 0 Å². The molecule has 0 saturated heterocycles. The van der Waals surface area contributed by atoms with Gasteiger partial charge in [0.1, 0.15) is 5.82 Å². The molecule has 1 aromatic carbocycles. The van der Waals surface area contributed by atoms with Gasteiger partial charge in [-0.1, -0.05) is 28.1 Å². The van der Waals surface area contributed by atoms with Crippen LogP contribution in [0.25, 0.3) is 0 Å². The van der Waals surface area contributed by atoms with Crippen LogP contribution in [-0.4, -0.2) is 35.6 Å². The highest BCUT2D eigenvalue weighted by Gasteiger charge is 2.44. The van der Waals surface area contributed by atoms with Gasteiger partial charge in [-0.15, -0.1) is 24.0 Å². The maximum absolute atomic E-state index is 4.36. The van der Waals surface area contributed by atoms with Crippen LogP contribution in [0, 0.1) is 6.92 Å². The highest BCUT2D eigenvalue weighted by molar-refractivity contribution is 14.0. The number of aromatic nitrogens is 2. The molecular weight excluding hydrogens is 517 g/mol. The van der Waals surface area contributed by atoms with Gasteiger partial charge in [0.2, 0.25) is 0 Å². The molecule has 0 unspecified atom stereocenters. The number of hydrogen-bond acceptors (Lipinski definition) is 2. The lowest BCUT2D eigenvalue weighted by Gasteiger charge is -2.19. The molecule has 0 radical (unpaired) electrons. The summed E-state index contributed by atoms with van der Waals surface area (Å²) in [5, 5.41) is 6.94. The van der Waals surface area contributed by atoms with Gasteiger partial charge in [-0.05, 0) is 50.3 Å². The molecule has 0 bridgehead atoms. The molecule has 0 spiro atoms. The number of aryl methyl sites for hydroxylation is 2. The summed E-state index contributed by atoms with van der Waals surface area (Å²) in [6.45, 7) is 4.92. The topological polar surface area (TPSA) is 54.2 Å². The largest absolute Gasteiger partial charge is 0.356 e. The van der Waals surface area contributed by atoms with Crippen molar-refractivity contribution in [3.63, 3.8) is 0 Å². The van der Waals surface area contributed by atoms with Crippen LogP contribution in [0.5, 0.6) is 0 Å². The Hall–Kier alpha value is -1.09. The molecule has 1 aliphatic carbocycles. The summed E-state index contributed by atoms with van der Waals surface area (Å²) >= 11 is 3.58. The molecule has 5 nitrogen and oxygen atoms in total. The predicted molar refractivity (Wildman–Crippen MR) is 126 cm³/mol. The molecule has 2 N–H and O–H groups in total. The lowest BCUT2D eigenvalue weighted by Crippen LogP contribution is -2.41. The van der Waals surface area contributed by atoms with Crippen molar-refractivity contribution < 1.29 is 0 Å². The Morgan fingerprint density at radius 3 is 2.74 bits per heavy atom. The molecule has 1 aromatic heterocycles. The fourth-order valence-electron chi connectivity index (χ4n) is 3.26. The first kappa shape index (κ1) is 22.2. The van der Waals surface area contributed by atoms with Gasteiger partial charge in [0.15, 0.2) is 5.96 Å². The number of guanidine groups is 1.